The molecule has 0 unspecified atom stereocenters. The van der Waals surface area contributed by atoms with E-state index in [4.69, 9.17) is 11.6 Å². The van der Waals surface area contributed by atoms with Crippen molar-refractivity contribution in [3.05, 3.63) is 53.4 Å². The molecule has 1 atom stereocenters. The number of amides is 2. The second kappa shape index (κ2) is 9.67. The number of carbonyl (C=O) groups excluding carboxylic acids is 2. The van der Waals surface area contributed by atoms with Gasteiger partial charge in [-0.05, 0) is 36.1 Å². The van der Waals surface area contributed by atoms with Gasteiger partial charge in [0.15, 0.2) is 5.65 Å². The van der Waals surface area contributed by atoms with Crippen LogP contribution in [-0.2, 0) is 4.79 Å². The molecule has 3 aromatic rings. The van der Waals surface area contributed by atoms with Crippen molar-refractivity contribution in [3.8, 4) is 11.1 Å². The lowest BCUT2D eigenvalue weighted by atomic mass is 10.0. The van der Waals surface area contributed by atoms with Gasteiger partial charge in [-0.3, -0.25) is 9.59 Å². The maximum atomic E-state index is 13.1. The summed E-state index contributed by atoms with van der Waals surface area (Å²) in [5, 5.41) is 11.1. The summed E-state index contributed by atoms with van der Waals surface area (Å²) in [6.07, 6.45) is 3.96. The van der Waals surface area contributed by atoms with E-state index in [2.05, 4.69) is 20.7 Å². The third kappa shape index (κ3) is 4.92. The molecule has 2 N–H and O–H groups in total. The Bertz CT molecular complexity index is 1120. The van der Waals surface area contributed by atoms with Gasteiger partial charge in [-0.1, -0.05) is 37.6 Å². The predicted molar refractivity (Wildman–Crippen MR) is 124 cm³/mol. The molecule has 0 bridgehead atoms. The van der Waals surface area contributed by atoms with Gasteiger partial charge in [-0.25, -0.2) is 9.50 Å². The molecule has 1 aliphatic heterocycles. The lowest BCUT2D eigenvalue weighted by Crippen LogP contribution is -2.54. The van der Waals surface area contributed by atoms with Crippen molar-refractivity contribution in [2.75, 3.05) is 26.2 Å². The maximum absolute atomic E-state index is 13.1. The van der Waals surface area contributed by atoms with Crippen molar-refractivity contribution in [3.63, 3.8) is 0 Å². The Labute approximate surface area is 192 Å². The summed E-state index contributed by atoms with van der Waals surface area (Å²) in [6.45, 7) is 6.90. The van der Waals surface area contributed by atoms with Gasteiger partial charge in [0.2, 0.25) is 5.91 Å². The third-order valence-electron chi connectivity index (χ3n) is 5.48. The van der Waals surface area contributed by atoms with Crippen LogP contribution >= 0.6 is 11.6 Å². The molecule has 4 rings (SSSR count). The maximum Gasteiger partial charge on any atom is 0.270 e. The minimum atomic E-state index is -0.587. The first kappa shape index (κ1) is 22.2. The highest BCUT2D eigenvalue weighted by molar-refractivity contribution is 6.30. The number of halogens is 1. The normalized spacial score (nSPS) is 15.2. The number of hydrogen-bond donors (Lipinski definition) is 2. The van der Waals surface area contributed by atoms with Crippen molar-refractivity contribution < 1.29 is 9.59 Å². The van der Waals surface area contributed by atoms with Crippen molar-refractivity contribution >= 4 is 29.1 Å². The molecule has 1 fully saturated rings. The minimum Gasteiger partial charge on any atom is -0.339 e. The van der Waals surface area contributed by atoms with E-state index < -0.39 is 6.04 Å². The summed E-state index contributed by atoms with van der Waals surface area (Å²) in [4.78, 5) is 32.5. The second-order valence-electron chi connectivity index (χ2n) is 8.38. The van der Waals surface area contributed by atoms with E-state index in [0.717, 1.165) is 24.2 Å². The molecule has 8 nitrogen and oxygen atoms in total. The standard InChI is InChI=1S/C23H27ClN6O2/c1-15(2)12-20(23(32)29-10-7-25-8-11-29)28-22(31)19-6-9-30-21(27-19)18(14-26-30)16-4-3-5-17(24)13-16/h3-6,9,13-15,20,25H,7-8,10-12H2,1-2H3,(H,28,31)/t20-/m0/s1. The molecular formula is C23H27ClN6O2. The molecule has 2 amide bonds. The van der Waals surface area contributed by atoms with Crippen LogP contribution in [0, 0.1) is 5.92 Å². The first-order valence-electron chi connectivity index (χ1n) is 10.8. The molecule has 1 aliphatic rings. The number of piperazine rings is 1. The van der Waals surface area contributed by atoms with Gasteiger partial charge in [0.25, 0.3) is 5.91 Å². The topological polar surface area (TPSA) is 91.6 Å². The monoisotopic (exact) mass is 454 g/mol. The lowest BCUT2D eigenvalue weighted by molar-refractivity contribution is -0.134. The van der Waals surface area contributed by atoms with Crippen LogP contribution in [0.5, 0.6) is 0 Å². The summed E-state index contributed by atoms with van der Waals surface area (Å²) in [6, 6.07) is 8.43. The first-order valence-corrected chi connectivity index (χ1v) is 11.2. The lowest BCUT2D eigenvalue weighted by Gasteiger charge is -2.31. The van der Waals surface area contributed by atoms with Crippen molar-refractivity contribution in [2.24, 2.45) is 5.92 Å². The van der Waals surface area contributed by atoms with Gasteiger partial charge in [0, 0.05) is 43.0 Å². The quantitative estimate of drug-likeness (QED) is 0.597. The summed E-state index contributed by atoms with van der Waals surface area (Å²) >= 11 is 6.14. The number of rotatable bonds is 6. The van der Waals surface area contributed by atoms with Crippen LogP contribution in [0.4, 0.5) is 0 Å². The average molecular weight is 455 g/mol. The Morgan fingerprint density at radius 3 is 2.72 bits per heavy atom. The fourth-order valence-corrected chi connectivity index (χ4v) is 4.08. The SMILES string of the molecule is CC(C)C[C@H](NC(=O)c1ccn2ncc(-c3cccc(Cl)c3)c2n1)C(=O)N1CCNCC1. The van der Waals surface area contributed by atoms with E-state index in [1.54, 1.807) is 29.0 Å². The fraction of sp³-hybridized carbons (Fsp3) is 0.391. The van der Waals surface area contributed by atoms with E-state index in [-0.39, 0.29) is 23.4 Å². The molecule has 2 aromatic heterocycles. The molecule has 32 heavy (non-hydrogen) atoms. The molecule has 0 radical (unpaired) electrons. The third-order valence-corrected chi connectivity index (χ3v) is 5.71. The zero-order chi connectivity index (χ0) is 22.7. The summed E-state index contributed by atoms with van der Waals surface area (Å²) < 4.78 is 1.62. The highest BCUT2D eigenvalue weighted by Crippen LogP contribution is 2.25. The van der Waals surface area contributed by atoms with Gasteiger partial charge >= 0.3 is 0 Å². The van der Waals surface area contributed by atoms with E-state index in [1.165, 1.54) is 0 Å². The summed E-state index contributed by atoms with van der Waals surface area (Å²) in [7, 11) is 0. The van der Waals surface area contributed by atoms with Gasteiger partial charge in [-0.2, -0.15) is 5.10 Å². The van der Waals surface area contributed by atoms with Crippen LogP contribution < -0.4 is 10.6 Å². The fourth-order valence-electron chi connectivity index (χ4n) is 3.89. The minimum absolute atomic E-state index is 0.0430. The Morgan fingerprint density at radius 1 is 1.22 bits per heavy atom. The average Bonchev–Trinajstić information content (AvgIpc) is 3.21. The van der Waals surface area contributed by atoms with Crippen LogP contribution in [0.2, 0.25) is 5.02 Å². The number of nitrogens with zero attached hydrogens (tertiary/aromatic N) is 4. The second-order valence-corrected chi connectivity index (χ2v) is 8.82. The Hall–Kier alpha value is -2.97. The molecule has 9 heteroatoms. The largest absolute Gasteiger partial charge is 0.339 e. The van der Waals surface area contributed by atoms with Crippen molar-refractivity contribution in [2.45, 2.75) is 26.3 Å². The molecule has 3 heterocycles. The Kier molecular flexibility index (Phi) is 6.72. The van der Waals surface area contributed by atoms with Crippen molar-refractivity contribution in [1.82, 2.24) is 30.1 Å². The highest BCUT2D eigenvalue weighted by Gasteiger charge is 2.28. The molecule has 0 saturated carbocycles. The summed E-state index contributed by atoms with van der Waals surface area (Å²) in [5.41, 5.74) is 2.43. The van der Waals surface area contributed by atoms with E-state index in [9.17, 15) is 9.59 Å². The number of carbonyl (C=O) groups is 2. The molecule has 0 aliphatic carbocycles. The molecule has 168 valence electrons. The van der Waals surface area contributed by atoms with Crippen LogP contribution in [-0.4, -0.2) is 63.5 Å². The molecule has 1 aromatic carbocycles. The van der Waals surface area contributed by atoms with Crippen LogP contribution in [0.3, 0.4) is 0 Å². The molecular weight excluding hydrogens is 428 g/mol. The van der Waals surface area contributed by atoms with Crippen LogP contribution in [0.1, 0.15) is 30.8 Å². The number of aromatic nitrogens is 3. The number of hydrogen-bond acceptors (Lipinski definition) is 5. The van der Waals surface area contributed by atoms with Gasteiger partial charge in [0.1, 0.15) is 11.7 Å². The number of benzene rings is 1. The van der Waals surface area contributed by atoms with E-state index in [1.807, 2.05) is 36.9 Å². The highest BCUT2D eigenvalue weighted by atomic mass is 35.5. The van der Waals surface area contributed by atoms with Crippen LogP contribution in [0.25, 0.3) is 16.8 Å². The van der Waals surface area contributed by atoms with E-state index >= 15 is 0 Å². The summed E-state index contributed by atoms with van der Waals surface area (Å²) in [5.74, 6) is -0.162. The van der Waals surface area contributed by atoms with Gasteiger partial charge in [-0.15, -0.1) is 0 Å². The smallest absolute Gasteiger partial charge is 0.270 e. The zero-order valence-electron chi connectivity index (χ0n) is 18.2. The van der Waals surface area contributed by atoms with Crippen LogP contribution in [0.15, 0.2) is 42.7 Å². The zero-order valence-corrected chi connectivity index (χ0v) is 19.0. The Balaban J connectivity index is 1.58. The van der Waals surface area contributed by atoms with Gasteiger partial charge in [0.05, 0.1) is 6.20 Å². The number of fused-ring (bicyclic) bond motifs is 1. The predicted octanol–water partition coefficient (Wildman–Crippen LogP) is 2.63. The number of nitrogens with one attached hydrogen (secondary N) is 2. The first-order chi connectivity index (χ1) is 15.4. The Morgan fingerprint density at radius 2 is 2.00 bits per heavy atom. The van der Waals surface area contributed by atoms with Crippen molar-refractivity contribution in [1.29, 1.82) is 0 Å². The van der Waals surface area contributed by atoms with Gasteiger partial charge < -0.3 is 15.5 Å². The van der Waals surface area contributed by atoms with E-state index in [0.29, 0.717) is 30.2 Å². The molecule has 0 spiro atoms. The molecule has 1 saturated heterocycles.